The quantitative estimate of drug-likeness (QED) is 0.121. The smallest absolute Gasteiger partial charge is 0.387 e. The van der Waals surface area contributed by atoms with Crippen LogP contribution < -0.4 is 11.2 Å². The number of nitrogens with one attached hydrogen (secondary N) is 2. The van der Waals surface area contributed by atoms with E-state index < -0.39 is 66.2 Å². The summed E-state index contributed by atoms with van der Waals surface area (Å²) < 4.78 is 53.8. The van der Waals surface area contributed by atoms with Crippen LogP contribution in [0.2, 0.25) is 0 Å². The molecular weight excluding hydrogens is 469 g/mol. The molecule has 0 amide bonds. The molecule has 1 aliphatic rings. The van der Waals surface area contributed by atoms with E-state index in [0.717, 1.165) is 6.20 Å². The summed E-state index contributed by atoms with van der Waals surface area (Å²) in [5, 5.41) is 27.9. The lowest BCUT2D eigenvalue weighted by molar-refractivity contribution is -0.138. The van der Waals surface area contributed by atoms with E-state index in [1.165, 1.54) is 0 Å². The minimum atomic E-state index is -5.49. The number of H-pyrrole nitrogens is 2. The minimum absolute atomic E-state index is 0.275. The van der Waals surface area contributed by atoms with Gasteiger partial charge in [-0.15, -0.1) is 0 Å². The van der Waals surface area contributed by atoms with Crippen molar-refractivity contribution in [3.05, 3.63) is 32.6 Å². The monoisotopic (exact) mass is 483 g/mol. The Labute approximate surface area is 159 Å². The molecular formula is C9H14N2O15P3+. The highest BCUT2D eigenvalue weighted by Crippen LogP contribution is 2.63. The molecule has 1 aromatic heterocycles. The van der Waals surface area contributed by atoms with Gasteiger partial charge in [0, 0.05) is 10.8 Å². The van der Waals surface area contributed by atoms with Gasteiger partial charge in [-0.2, -0.15) is 4.31 Å². The molecule has 7 N–H and O–H groups in total. The van der Waals surface area contributed by atoms with E-state index in [-0.39, 0.29) is 5.56 Å². The molecule has 1 aliphatic heterocycles. The zero-order valence-corrected chi connectivity index (χ0v) is 16.4. The molecule has 2 heterocycles. The number of ether oxygens (including phenoxy) is 1. The number of phosphoric acid groups is 2. The van der Waals surface area contributed by atoms with Crippen molar-refractivity contribution < 1.29 is 61.5 Å². The number of hydrogen-bond acceptors (Lipinski definition) is 13. The van der Waals surface area contributed by atoms with Crippen molar-refractivity contribution in [2.24, 2.45) is 0 Å². The highest BCUT2D eigenvalue weighted by Gasteiger charge is 2.48. The van der Waals surface area contributed by atoms with Crippen LogP contribution in [0.4, 0.5) is 0 Å². The third-order valence-corrected chi connectivity index (χ3v) is 6.98. The van der Waals surface area contributed by atoms with Crippen LogP contribution in [0.5, 0.6) is 0 Å². The second-order valence-corrected chi connectivity index (χ2v) is 9.35. The largest absolute Gasteiger partial charge is 0.739 e. The molecule has 0 bridgehead atoms. The van der Waals surface area contributed by atoms with Gasteiger partial charge in [0.2, 0.25) is 0 Å². The first-order valence-electron chi connectivity index (χ1n) is 7.18. The molecule has 0 spiro atoms. The Balaban J connectivity index is 2.04. The summed E-state index contributed by atoms with van der Waals surface area (Å²) in [5.74, 6) is 0. The van der Waals surface area contributed by atoms with Crippen LogP contribution in [0.3, 0.4) is 0 Å². The highest BCUT2D eigenvalue weighted by molar-refractivity contribution is 7.64. The van der Waals surface area contributed by atoms with Gasteiger partial charge in [0.25, 0.3) is 5.56 Å². The predicted molar refractivity (Wildman–Crippen MR) is 86.4 cm³/mol. The number of aromatic amines is 2. The summed E-state index contributed by atoms with van der Waals surface area (Å²) in [6, 6.07) is 0. The first-order valence-corrected chi connectivity index (χ1v) is 11.3. The molecule has 17 nitrogen and oxygen atoms in total. The van der Waals surface area contributed by atoms with Crippen molar-refractivity contribution in [3.63, 3.8) is 0 Å². The topological polar surface area (TPSA) is 264 Å². The van der Waals surface area contributed by atoms with Crippen molar-refractivity contribution in [3.8, 4) is 0 Å². The molecule has 0 radical (unpaired) electrons. The molecule has 0 saturated carbocycles. The van der Waals surface area contributed by atoms with Crippen molar-refractivity contribution in [1.82, 2.24) is 9.97 Å². The molecule has 164 valence electrons. The van der Waals surface area contributed by atoms with Gasteiger partial charge in [-0.25, -0.2) is 19.2 Å². The summed E-state index contributed by atoms with van der Waals surface area (Å²) in [7, 11) is -14.4. The van der Waals surface area contributed by atoms with Gasteiger partial charge in [0.15, 0.2) is 0 Å². The molecule has 0 aromatic carbocycles. The number of rotatable bonds is 9. The molecule has 2 rings (SSSR count). The molecule has 1 aromatic rings. The third kappa shape index (κ3) is 6.41. The molecule has 7 unspecified atom stereocenters. The van der Waals surface area contributed by atoms with Crippen molar-refractivity contribution in [1.29, 1.82) is 0 Å². The Bertz CT molecular complexity index is 959. The normalized spacial score (nSPS) is 29.2. The number of aliphatic hydroxyl groups excluding tert-OH is 2. The lowest BCUT2D eigenvalue weighted by Gasteiger charge is -2.17. The van der Waals surface area contributed by atoms with E-state index >= 15 is 0 Å². The minimum Gasteiger partial charge on any atom is -0.387 e. The van der Waals surface area contributed by atoms with Gasteiger partial charge in [0.1, 0.15) is 24.4 Å². The van der Waals surface area contributed by atoms with Crippen LogP contribution in [-0.2, 0) is 36.3 Å². The van der Waals surface area contributed by atoms with Crippen molar-refractivity contribution >= 4 is 23.9 Å². The molecule has 1 saturated heterocycles. The van der Waals surface area contributed by atoms with E-state index in [4.69, 9.17) is 14.9 Å². The third-order valence-electron chi connectivity index (χ3n) is 3.36. The van der Waals surface area contributed by atoms with E-state index in [1.54, 1.807) is 0 Å². The Kier molecular flexibility index (Phi) is 7.75. The Morgan fingerprint density at radius 2 is 1.83 bits per heavy atom. The zero-order chi connectivity index (χ0) is 22.0. The molecule has 0 aliphatic carbocycles. The van der Waals surface area contributed by atoms with Gasteiger partial charge in [-0.1, -0.05) is 0 Å². The number of aliphatic hydroxyl groups is 2. The lowest BCUT2D eigenvalue weighted by atomic mass is 10.0. The number of hydrogen-bond donors (Lipinski definition) is 7. The van der Waals surface area contributed by atoms with Gasteiger partial charge < -0.3 is 24.8 Å². The Morgan fingerprint density at radius 1 is 1.17 bits per heavy atom. The Morgan fingerprint density at radius 3 is 2.41 bits per heavy atom. The van der Waals surface area contributed by atoms with E-state index in [2.05, 4.69) is 22.8 Å². The van der Waals surface area contributed by atoms with Crippen LogP contribution in [-0.4, -0.2) is 60.1 Å². The maximum atomic E-state index is 11.8. The fourth-order valence-corrected chi connectivity index (χ4v) is 4.96. The first-order chi connectivity index (χ1) is 13.3. The molecule has 29 heavy (non-hydrogen) atoms. The summed E-state index contributed by atoms with van der Waals surface area (Å²) in [4.78, 5) is 45.3. The van der Waals surface area contributed by atoms with Crippen LogP contribution in [0.25, 0.3) is 0 Å². The van der Waals surface area contributed by atoms with E-state index in [0.29, 0.717) is 0 Å². The molecule has 20 heteroatoms. The molecule has 7 atom stereocenters. The molecule has 1 fully saturated rings. The van der Waals surface area contributed by atoms with Gasteiger partial charge >= 0.3 is 29.6 Å². The summed E-state index contributed by atoms with van der Waals surface area (Å²) in [6.45, 7) is -0.994. The fraction of sp³-hybridized carbons (Fsp3) is 0.556. The standard InChI is InChI=1S/C9H13N2O15P3/c12-5-4(2-22-28(18,19)26-29(20,21)25-27(17)24-16)23-7(6(5)13)3-1-10-9(15)11-8(3)14/h1,4-7,12-13H,2H2,(H4-,10,11,14,15,16,18,19,20,21)/p+1. The second-order valence-electron chi connectivity index (χ2n) is 5.31. The fourth-order valence-electron chi connectivity index (χ4n) is 2.21. The maximum Gasteiger partial charge on any atom is 0.739 e. The SMILES string of the molecule is O=c1[nH]cc(C2OC(COP(=O)(O)OP(=O)(O)O[P+](=O)OO)C(O)C2O)c(=O)[nH]1. The second kappa shape index (κ2) is 9.32. The van der Waals surface area contributed by atoms with E-state index in [9.17, 15) is 38.4 Å². The Hall–Kier alpha value is -1.16. The van der Waals surface area contributed by atoms with Gasteiger partial charge in [-0.05, 0) is 4.31 Å². The average Bonchev–Trinajstić information content (AvgIpc) is 2.87. The predicted octanol–water partition coefficient (Wildman–Crippen LogP) is -1.38. The summed E-state index contributed by atoms with van der Waals surface area (Å²) >= 11 is 0. The summed E-state index contributed by atoms with van der Waals surface area (Å²) in [6.07, 6.45) is -5.53. The van der Waals surface area contributed by atoms with Crippen LogP contribution in [0.15, 0.2) is 15.8 Å². The van der Waals surface area contributed by atoms with Crippen LogP contribution >= 0.6 is 23.9 Å². The van der Waals surface area contributed by atoms with Crippen molar-refractivity contribution in [2.75, 3.05) is 6.61 Å². The van der Waals surface area contributed by atoms with Crippen LogP contribution in [0, 0.1) is 0 Å². The lowest BCUT2D eigenvalue weighted by Crippen LogP contribution is -2.34. The van der Waals surface area contributed by atoms with Crippen LogP contribution in [0.1, 0.15) is 11.7 Å². The highest BCUT2D eigenvalue weighted by atomic mass is 31.3. The summed E-state index contributed by atoms with van der Waals surface area (Å²) in [5.41, 5.74) is -2.04. The van der Waals surface area contributed by atoms with Gasteiger partial charge in [-0.3, -0.25) is 19.2 Å². The number of phosphoric ester groups is 1. The van der Waals surface area contributed by atoms with Gasteiger partial charge in [0.05, 0.1) is 16.8 Å². The average molecular weight is 483 g/mol. The zero-order valence-electron chi connectivity index (χ0n) is 13.8. The van der Waals surface area contributed by atoms with E-state index in [1.807, 2.05) is 4.98 Å². The maximum absolute atomic E-state index is 11.8. The van der Waals surface area contributed by atoms with Crippen molar-refractivity contribution in [2.45, 2.75) is 24.4 Å². The number of aromatic nitrogens is 2. The first kappa shape index (κ1) is 24.1.